The third kappa shape index (κ3) is 2.83. The van der Waals surface area contributed by atoms with E-state index in [9.17, 15) is 9.59 Å². The number of halogens is 1. The lowest BCUT2D eigenvalue weighted by atomic mass is 9.97. The molecule has 22 heavy (non-hydrogen) atoms. The van der Waals surface area contributed by atoms with Crippen LogP contribution in [0.3, 0.4) is 0 Å². The summed E-state index contributed by atoms with van der Waals surface area (Å²) in [6.45, 7) is 0.586. The molecule has 1 saturated heterocycles. The number of nitrogens with zero attached hydrogens (tertiary/aromatic N) is 1. The van der Waals surface area contributed by atoms with Gasteiger partial charge in [-0.2, -0.15) is 0 Å². The molecule has 118 valence electrons. The topological polar surface area (TPSA) is 75.4 Å². The maximum atomic E-state index is 12.5. The van der Waals surface area contributed by atoms with Crippen molar-refractivity contribution in [1.82, 2.24) is 5.32 Å². The fourth-order valence-corrected chi connectivity index (χ4v) is 3.35. The van der Waals surface area contributed by atoms with E-state index < -0.39 is 11.6 Å². The predicted molar refractivity (Wildman–Crippen MR) is 85.7 cm³/mol. The molecule has 3 rings (SSSR count). The van der Waals surface area contributed by atoms with Crippen molar-refractivity contribution in [3.8, 4) is 0 Å². The first-order chi connectivity index (χ1) is 10.5. The Bertz CT molecular complexity index is 582. The van der Waals surface area contributed by atoms with Gasteiger partial charge in [0, 0.05) is 17.3 Å². The van der Waals surface area contributed by atoms with Crippen LogP contribution in [0.5, 0.6) is 0 Å². The molecule has 0 spiro atoms. The van der Waals surface area contributed by atoms with E-state index in [1.165, 1.54) is 0 Å². The molecule has 1 saturated carbocycles. The molecule has 1 unspecified atom stereocenters. The molecule has 0 aromatic heterocycles. The fourth-order valence-electron chi connectivity index (χ4n) is 3.23. The Kier molecular flexibility index (Phi) is 4.10. The molecule has 6 heteroatoms. The quantitative estimate of drug-likeness (QED) is 0.892. The van der Waals surface area contributed by atoms with Gasteiger partial charge in [-0.25, -0.2) is 0 Å². The molecule has 1 heterocycles. The second-order valence-electron chi connectivity index (χ2n) is 6.14. The van der Waals surface area contributed by atoms with Crippen LogP contribution >= 0.6 is 11.6 Å². The van der Waals surface area contributed by atoms with E-state index in [1.807, 2.05) is 12.1 Å². The smallest absolute Gasteiger partial charge is 0.249 e. The zero-order chi connectivity index (χ0) is 15.7. The second-order valence-corrected chi connectivity index (χ2v) is 6.58. The van der Waals surface area contributed by atoms with Crippen molar-refractivity contribution < 1.29 is 9.59 Å². The standard InChI is InChI=1S/C16H20ClN3O2/c17-11-3-5-12(6-4-11)20-10-7-13(14(20)21)19-15(22)16(18)8-1-2-9-16/h3-6,13H,1-2,7-10,18H2,(H,19,22). The molecule has 1 aliphatic heterocycles. The van der Waals surface area contributed by atoms with Crippen LogP contribution in [0.2, 0.25) is 5.02 Å². The van der Waals surface area contributed by atoms with Crippen LogP contribution in [-0.4, -0.2) is 29.9 Å². The molecule has 0 radical (unpaired) electrons. The van der Waals surface area contributed by atoms with Gasteiger partial charge in [-0.3, -0.25) is 9.59 Å². The Labute approximate surface area is 134 Å². The van der Waals surface area contributed by atoms with Gasteiger partial charge in [-0.05, 0) is 43.5 Å². The number of hydrogen-bond donors (Lipinski definition) is 2. The molecule has 1 aromatic rings. The number of amides is 2. The number of nitrogens with two attached hydrogens (primary N) is 1. The minimum absolute atomic E-state index is 0.0859. The predicted octanol–water partition coefficient (Wildman–Crippen LogP) is 1.83. The molecule has 0 bridgehead atoms. The van der Waals surface area contributed by atoms with Crippen LogP contribution in [0.25, 0.3) is 0 Å². The minimum atomic E-state index is -0.798. The Morgan fingerprint density at radius 2 is 1.91 bits per heavy atom. The summed E-state index contributed by atoms with van der Waals surface area (Å²) >= 11 is 5.87. The van der Waals surface area contributed by atoms with E-state index in [0.29, 0.717) is 30.8 Å². The number of benzene rings is 1. The number of carbonyl (C=O) groups excluding carboxylic acids is 2. The summed E-state index contributed by atoms with van der Waals surface area (Å²) in [6, 6.07) is 6.65. The molecular weight excluding hydrogens is 302 g/mol. The molecule has 1 aromatic carbocycles. The third-order valence-electron chi connectivity index (χ3n) is 4.60. The average Bonchev–Trinajstić information content (AvgIpc) is 3.09. The van der Waals surface area contributed by atoms with Gasteiger partial charge in [0.15, 0.2) is 0 Å². The Hall–Kier alpha value is -1.59. The van der Waals surface area contributed by atoms with Crippen LogP contribution in [0.4, 0.5) is 5.69 Å². The zero-order valence-corrected chi connectivity index (χ0v) is 13.1. The van der Waals surface area contributed by atoms with Crippen molar-refractivity contribution >= 4 is 29.1 Å². The number of carbonyl (C=O) groups is 2. The lowest BCUT2D eigenvalue weighted by molar-refractivity contribution is -0.130. The van der Waals surface area contributed by atoms with Crippen LogP contribution < -0.4 is 16.0 Å². The largest absolute Gasteiger partial charge is 0.343 e. The first-order valence-corrected chi connectivity index (χ1v) is 8.04. The maximum Gasteiger partial charge on any atom is 0.249 e. The number of anilines is 1. The molecule has 1 aliphatic carbocycles. The van der Waals surface area contributed by atoms with Gasteiger partial charge in [0.1, 0.15) is 6.04 Å². The van der Waals surface area contributed by atoms with Gasteiger partial charge in [0.2, 0.25) is 11.8 Å². The maximum absolute atomic E-state index is 12.5. The molecule has 2 fully saturated rings. The normalized spacial score (nSPS) is 23.8. The minimum Gasteiger partial charge on any atom is -0.343 e. The molecule has 1 atom stereocenters. The third-order valence-corrected chi connectivity index (χ3v) is 4.85. The van der Waals surface area contributed by atoms with Gasteiger partial charge in [-0.1, -0.05) is 24.4 Å². The summed E-state index contributed by atoms with van der Waals surface area (Å²) in [5, 5.41) is 3.47. The lowest BCUT2D eigenvalue weighted by Crippen LogP contribution is -2.55. The molecule has 2 amide bonds. The Morgan fingerprint density at radius 1 is 1.27 bits per heavy atom. The van der Waals surface area contributed by atoms with Crippen molar-refractivity contribution in [2.45, 2.75) is 43.7 Å². The fraction of sp³-hybridized carbons (Fsp3) is 0.500. The first kappa shape index (κ1) is 15.3. The number of rotatable bonds is 3. The van der Waals surface area contributed by atoms with E-state index in [1.54, 1.807) is 17.0 Å². The van der Waals surface area contributed by atoms with Crippen LogP contribution in [0.1, 0.15) is 32.1 Å². The molecule has 5 nitrogen and oxygen atoms in total. The van der Waals surface area contributed by atoms with Gasteiger partial charge in [0.25, 0.3) is 0 Å². The van der Waals surface area contributed by atoms with Crippen molar-refractivity contribution in [2.24, 2.45) is 5.73 Å². The van der Waals surface area contributed by atoms with E-state index >= 15 is 0 Å². The molecule has 2 aliphatic rings. The molecular formula is C16H20ClN3O2. The van der Waals surface area contributed by atoms with Crippen LogP contribution in [0, 0.1) is 0 Å². The van der Waals surface area contributed by atoms with E-state index in [0.717, 1.165) is 18.5 Å². The summed E-state index contributed by atoms with van der Waals surface area (Å²) in [4.78, 5) is 26.5. The SMILES string of the molecule is NC1(C(=O)NC2CCN(c3ccc(Cl)cc3)C2=O)CCCC1. The van der Waals surface area contributed by atoms with Crippen molar-refractivity contribution in [3.05, 3.63) is 29.3 Å². The van der Waals surface area contributed by atoms with Gasteiger partial charge in [-0.15, -0.1) is 0 Å². The highest BCUT2D eigenvalue weighted by atomic mass is 35.5. The van der Waals surface area contributed by atoms with E-state index in [-0.39, 0.29) is 11.8 Å². The van der Waals surface area contributed by atoms with Gasteiger partial charge >= 0.3 is 0 Å². The Morgan fingerprint density at radius 3 is 2.55 bits per heavy atom. The average molecular weight is 322 g/mol. The monoisotopic (exact) mass is 321 g/mol. The first-order valence-electron chi connectivity index (χ1n) is 7.66. The number of nitrogens with one attached hydrogen (secondary N) is 1. The summed E-state index contributed by atoms with van der Waals surface area (Å²) in [5.41, 5.74) is 6.14. The summed E-state index contributed by atoms with van der Waals surface area (Å²) in [6.07, 6.45) is 3.93. The van der Waals surface area contributed by atoms with Gasteiger partial charge < -0.3 is 16.0 Å². The second kappa shape index (κ2) is 5.89. The van der Waals surface area contributed by atoms with Crippen LogP contribution in [0.15, 0.2) is 24.3 Å². The van der Waals surface area contributed by atoms with Crippen molar-refractivity contribution in [3.63, 3.8) is 0 Å². The van der Waals surface area contributed by atoms with E-state index in [2.05, 4.69) is 5.32 Å². The summed E-state index contributed by atoms with van der Waals surface area (Å²) < 4.78 is 0. The summed E-state index contributed by atoms with van der Waals surface area (Å²) in [5.74, 6) is -0.279. The number of hydrogen-bond acceptors (Lipinski definition) is 3. The highest BCUT2D eigenvalue weighted by Gasteiger charge is 2.41. The highest BCUT2D eigenvalue weighted by Crippen LogP contribution is 2.28. The highest BCUT2D eigenvalue weighted by molar-refractivity contribution is 6.30. The zero-order valence-electron chi connectivity index (χ0n) is 12.3. The Balaban J connectivity index is 1.66. The lowest BCUT2D eigenvalue weighted by Gasteiger charge is -2.24. The van der Waals surface area contributed by atoms with E-state index in [4.69, 9.17) is 17.3 Å². The van der Waals surface area contributed by atoms with Crippen molar-refractivity contribution in [1.29, 1.82) is 0 Å². The van der Waals surface area contributed by atoms with Crippen LogP contribution in [-0.2, 0) is 9.59 Å². The molecule has 3 N–H and O–H groups in total. The van der Waals surface area contributed by atoms with Gasteiger partial charge in [0.05, 0.1) is 5.54 Å². The summed E-state index contributed by atoms with van der Waals surface area (Å²) in [7, 11) is 0. The van der Waals surface area contributed by atoms with Crippen molar-refractivity contribution in [2.75, 3.05) is 11.4 Å².